The van der Waals surface area contributed by atoms with Crippen LogP contribution in [-0.2, 0) is 26.2 Å². The molecule has 0 spiro atoms. The number of hydrogen-bond acceptors (Lipinski definition) is 5. The number of methoxy groups -OCH3 is 1. The van der Waals surface area contributed by atoms with Crippen molar-refractivity contribution in [3.8, 4) is 5.75 Å². The Morgan fingerprint density at radius 2 is 1.64 bits per heavy atom. The van der Waals surface area contributed by atoms with E-state index in [-0.39, 0.29) is 28.7 Å². The highest BCUT2D eigenvalue weighted by atomic mass is 32.2. The number of halogens is 1. The maximum atomic E-state index is 14.6. The van der Waals surface area contributed by atoms with E-state index < -0.39 is 40.2 Å². The SMILES string of the molecule is CC[C@H](C)NC(=O)[C@H](C)N(Cc1ccccc1F)C(=O)CN(c1cccc(OC)c1)S(=O)(=O)c1ccccc1. The molecule has 0 fully saturated rings. The summed E-state index contributed by atoms with van der Waals surface area (Å²) in [5.41, 5.74) is 0.405. The van der Waals surface area contributed by atoms with Crippen LogP contribution in [0.4, 0.5) is 10.1 Å². The molecule has 1 N–H and O–H groups in total. The number of nitrogens with one attached hydrogen (secondary N) is 1. The van der Waals surface area contributed by atoms with Gasteiger partial charge in [-0.15, -0.1) is 0 Å². The number of ether oxygens (including phenoxy) is 1. The molecule has 10 heteroatoms. The second-order valence-corrected chi connectivity index (χ2v) is 11.0. The first-order valence-corrected chi connectivity index (χ1v) is 14.1. The molecular formula is C29H34FN3O5S. The van der Waals surface area contributed by atoms with E-state index >= 15 is 0 Å². The third-order valence-corrected chi connectivity index (χ3v) is 8.21. The molecular weight excluding hydrogens is 521 g/mol. The van der Waals surface area contributed by atoms with Crippen molar-refractivity contribution in [2.45, 2.75) is 50.7 Å². The van der Waals surface area contributed by atoms with E-state index in [9.17, 15) is 22.4 Å². The smallest absolute Gasteiger partial charge is 0.264 e. The second-order valence-electron chi connectivity index (χ2n) is 9.13. The highest BCUT2D eigenvalue weighted by molar-refractivity contribution is 7.92. The molecule has 3 rings (SSSR count). The predicted molar refractivity (Wildman–Crippen MR) is 148 cm³/mol. The fraction of sp³-hybridized carbons (Fsp3) is 0.310. The first-order chi connectivity index (χ1) is 18.6. The summed E-state index contributed by atoms with van der Waals surface area (Å²) in [6.07, 6.45) is 0.679. The Morgan fingerprint density at radius 1 is 0.974 bits per heavy atom. The van der Waals surface area contributed by atoms with Gasteiger partial charge in [-0.3, -0.25) is 13.9 Å². The zero-order valence-corrected chi connectivity index (χ0v) is 23.3. The van der Waals surface area contributed by atoms with Crippen LogP contribution in [0.15, 0.2) is 83.8 Å². The van der Waals surface area contributed by atoms with E-state index in [0.717, 1.165) is 4.31 Å². The minimum Gasteiger partial charge on any atom is -0.497 e. The van der Waals surface area contributed by atoms with E-state index in [1.807, 2.05) is 13.8 Å². The molecule has 3 aromatic carbocycles. The minimum atomic E-state index is -4.20. The fourth-order valence-corrected chi connectivity index (χ4v) is 5.30. The highest BCUT2D eigenvalue weighted by Gasteiger charge is 2.33. The van der Waals surface area contributed by atoms with Crippen molar-refractivity contribution in [2.24, 2.45) is 0 Å². The van der Waals surface area contributed by atoms with Gasteiger partial charge in [0, 0.05) is 24.2 Å². The number of anilines is 1. The molecule has 0 radical (unpaired) electrons. The monoisotopic (exact) mass is 555 g/mol. The largest absolute Gasteiger partial charge is 0.497 e. The number of nitrogens with zero attached hydrogens (tertiary/aromatic N) is 2. The molecule has 0 saturated carbocycles. The number of carbonyl (C=O) groups excluding carboxylic acids is 2. The van der Waals surface area contributed by atoms with E-state index in [1.165, 1.54) is 55.3 Å². The van der Waals surface area contributed by atoms with Gasteiger partial charge in [0.05, 0.1) is 17.7 Å². The van der Waals surface area contributed by atoms with E-state index in [1.54, 1.807) is 42.5 Å². The number of sulfonamides is 1. The van der Waals surface area contributed by atoms with Crippen molar-refractivity contribution in [1.82, 2.24) is 10.2 Å². The summed E-state index contributed by atoms with van der Waals surface area (Å²) < 4.78 is 48.4. The molecule has 0 aliphatic carbocycles. The van der Waals surface area contributed by atoms with E-state index in [0.29, 0.717) is 12.2 Å². The molecule has 0 aliphatic heterocycles. The lowest BCUT2D eigenvalue weighted by Gasteiger charge is -2.32. The van der Waals surface area contributed by atoms with Gasteiger partial charge in [-0.05, 0) is 50.6 Å². The molecule has 2 amide bonds. The lowest BCUT2D eigenvalue weighted by molar-refractivity contribution is -0.139. The number of benzene rings is 3. The number of amides is 2. The van der Waals surface area contributed by atoms with Gasteiger partial charge in [0.2, 0.25) is 11.8 Å². The molecule has 0 unspecified atom stereocenters. The summed E-state index contributed by atoms with van der Waals surface area (Å²) in [4.78, 5) is 28.1. The molecule has 3 aromatic rings. The van der Waals surface area contributed by atoms with Crippen LogP contribution in [0.25, 0.3) is 0 Å². The summed E-state index contributed by atoms with van der Waals surface area (Å²) in [6, 6.07) is 18.9. The van der Waals surface area contributed by atoms with Crippen LogP contribution in [0, 0.1) is 5.82 Å². The average molecular weight is 556 g/mol. The molecule has 8 nitrogen and oxygen atoms in total. The number of rotatable bonds is 12. The molecule has 0 aliphatic rings. The Balaban J connectivity index is 2.04. The zero-order chi connectivity index (χ0) is 28.6. The highest BCUT2D eigenvalue weighted by Crippen LogP contribution is 2.27. The van der Waals surface area contributed by atoms with Gasteiger partial charge in [0.15, 0.2) is 0 Å². The Morgan fingerprint density at radius 3 is 2.28 bits per heavy atom. The average Bonchev–Trinajstić information content (AvgIpc) is 2.95. The first kappa shape index (κ1) is 29.6. The van der Waals surface area contributed by atoms with Gasteiger partial charge in [-0.2, -0.15) is 0 Å². The first-order valence-electron chi connectivity index (χ1n) is 12.6. The lowest BCUT2D eigenvalue weighted by atomic mass is 10.1. The van der Waals surface area contributed by atoms with Crippen LogP contribution in [-0.4, -0.2) is 50.9 Å². The molecule has 39 heavy (non-hydrogen) atoms. The summed E-state index contributed by atoms with van der Waals surface area (Å²) in [6.45, 7) is 4.44. The van der Waals surface area contributed by atoms with Crippen LogP contribution in [0.2, 0.25) is 0 Å². The van der Waals surface area contributed by atoms with Crippen LogP contribution in [0.1, 0.15) is 32.8 Å². The van der Waals surface area contributed by atoms with Gasteiger partial charge in [0.1, 0.15) is 24.2 Å². The third kappa shape index (κ3) is 7.35. The Kier molecular flexibility index (Phi) is 10.1. The van der Waals surface area contributed by atoms with Crippen molar-refractivity contribution >= 4 is 27.5 Å². The molecule has 0 heterocycles. The van der Waals surface area contributed by atoms with Crippen molar-refractivity contribution in [1.29, 1.82) is 0 Å². The molecule has 0 bridgehead atoms. The van der Waals surface area contributed by atoms with Gasteiger partial charge in [-0.25, -0.2) is 12.8 Å². The molecule has 0 aromatic heterocycles. The van der Waals surface area contributed by atoms with Crippen molar-refractivity contribution in [3.63, 3.8) is 0 Å². The summed E-state index contributed by atoms with van der Waals surface area (Å²) in [5, 5.41) is 2.85. The molecule has 2 atom stereocenters. The number of carbonyl (C=O) groups is 2. The van der Waals surface area contributed by atoms with Gasteiger partial charge < -0.3 is 15.0 Å². The molecule has 0 saturated heterocycles. The maximum absolute atomic E-state index is 14.6. The van der Waals surface area contributed by atoms with Gasteiger partial charge in [-0.1, -0.05) is 49.4 Å². The van der Waals surface area contributed by atoms with Crippen LogP contribution in [0.3, 0.4) is 0 Å². The maximum Gasteiger partial charge on any atom is 0.264 e. The topological polar surface area (TPSA) is 96.0 Å². The predicted octanol–water partition coefficient (Wildman–Crippen LogP) is 4.36. The third-order valence-electron chi connectivity index (χ3n) is 6.42. The standard InChI is InChI=1S/C29H34FN3O5S/c1-5-21(2)31-29(35)22(3)32(19-23-12-9-10-17-27(23)30)28(34)20-33(24-13-11-14-25(18-24)38-4)39(36,37)26-15-7-6-8-16-26/h6-18,21-22H,5,19-20H2,1-4H3,(H,31,35)/t21-,22-/m0/s1. The Labute approximate surface area is 229 Å². The second kappa shape index (κ2) is 13.2. The lowest BCUT2D eigenvalue weighted by Crippen LogP contribution is -2.52. The minimum absolute atomic E-state index is 0.0103. The summed E-state index contributed by atoms with van der Waals surface area (Å²) in [7, 11) is -2.75. The Bertz CT molecular complexity index is 1380. The molecule has 208 valence electrons. The zero-order valence-electron chi connectivity index (χ0n) is 22.5. The summed E-state index contributed by atoms with van der Waals surface area (Å²) >= 11 is 0. The van der Waals surface area contributed by atoms with E-state index in [4.69, 9.17) is 4.74 Å². The van der Waals surface area contributed by atoms with Crippen LogP contribution < -0.4 is 14.4 Å². The summed E-state index contributed by atoms with van der Waals surface area (Å²) in [5.74, 6) is -1.23. The van der Waals surface area contributed by atoms with Crippen LogP contribution in [0.5, 0.6) is 5.75 Å². The Hall–Kier alpha value is -3.92. The quantitative estimate of drug-likeness (QED) is 0.358. The van der Waals surface area contributed by atoms with Crippen molar-refractivity contribution < 1.29 is 27.1 Å². The van der Waals surface area contributed by atoms with Crippen molar-refractivity contribution in [2.75, 3.05) is 18.0 Å². The van der Waals surface area contributed by atoms with Gasteiger partial charge >= 0.3 is 0 Å². The van der Waals surface area contributed by atoms with Crippen LogP contribution >= 0.6 is 0 Å². The fourth-order valence-electron chi connectivity index (χ4n) is 3.87. The number of hydrogen-bond donors (Lipinski definition) is 1. The normalized spacial score (nSPS) is 12.7. The van der Waals surface area contributed by atoms with Gasteiger partial charge in [0.25, 0.3) is 10.0 Å². The van der Waals surface area contributed by atoms with E-state index in [2.05, 4.69) is 5.32 Å². The van der Waals surface area contributed by atoms with Crippen molar-refractivity contribution in [3.05, 3.63) is 90.2 Å².